The van der Waals surface area contributed by atoms with Crippen molar-refractivity contribution in [3.63, 3.8) is 0 Å². The fraction of sp³-hybridized carbons (Fsp3) is 0.188. The van der Waals surface area contributed by atoms with Crippen molar-refractivity contribution in [2.75, 3.05) is 0 Å². The number of rotatable bonds is 4. The lowest BCUT2D eigenvalue weighted by Gasteiger charge is -2.12. The highest BCUT2D eigenvalue weighted by molar-refractivity contribution is 5.69. The molecule has 0 amide bonds. The first-order valence-electron chi connectivity index (χ1n) is 6.52. The molecule has 22 heavy (non-hydrogen) atoms. The standard InChI is InChI=1S/C16H14F3NO2/c17-16(18,19)13-6-2-4-11(8-13)10-3-1-5-12(7-10)14(20)9-15(21)22/h1-8,14H,9,20H2,(H,21,22)/t14-/m0/s1. The van der Waals surface area contributed by atoms with Crippen LogP contribution in [0, 0.1) is 0 Å². The molecule has 3 N–H and O–H groups in total. The summed E-state index contributed by atoms with van der Waals surface area (Å²) in [5.41, 5.74) is 6.58. The molecule has 0 aromatic heterocycles. The molecule has 2 rings (SSSR count). The lowest BCUT2D eigenvalue weighted by Crippen LogP contribution is -2.14. The van der Waals surface area contributed by atoms with Crippen LogP contribution in [0.4, 0.5) is 13.2 Å². The Morgan fingerprint density at radius 3 is 2.27 bits per heavy atom. The van der Waals surface area contributed by atoms with Crippen LogP contribution in [0.3, 0.4) is 0 Å². The van der Waals surface area contributed by atoms with Gasteiger partial charge in [-0.05, 0) is 34.9 Å². The van der Waals surface area contributed by atoms with Gasteiger partial charge in [0, 0.05) is 6.04 Å². The number of alkyl halides is 3. The quantitative estimate of drug-likeness (QED) is 0.901. The van der Waals surface area contributed by atoms with Crippen LogP contribution in [0.15, 0.2) is 48.5 Å². The second kappa shape index (κ2) is 6.19. The third-order valence-corrected chi connectivity index (χ3v) is 3.23. The van der Waals surface area contributed by atoms with Gasteiger partial charge in [0.15, 0.2) is 0 Å². The zero-order valence-electron chi connectivity index (χ0n) is 11.5. The fourth-order valence-corrected chi connectivity index (χ4v) is 2.13. The Bertz CT molecular complexity index is 683. The minimum atomic E-state index is -4.41. The first kappa shape index (κ1) is 16.0. The summed E-state index contributed by atoms with van der Waals surface area (Å²) in [5.74, 6) is -1.03. The molecular weight excluding hydrogens is 295 g/mol. The van der Waals surface area contributed by atoms with Crippen molar-refractivity contribution in [2.24, 2.45) is 5.73 Å². The second-order valence-electron chi connectivity index (χ2n) is 4.91. The van der Waals surface area contributed by atoms with Gasteiger partial charge in [0.05, 0.1) is 12.0 Å². The molecule has 0 aliphatic rings. The van der Waals surface area contributed by atoms with Gasteiger partial charge < -0.3 is 10.8 Å². The fourth-order valence-electron chi connectivity index (χ4n) is 2.13. The Labute approximate surface area is 125 Å². The lowest BCUT2D eigenvalue weighted by atomic mass is 9.97. The highest BCUT2D eigenvalue weighted by atomic mass is 19.4. The Morgan fingerprint density at radius 1 is 1.09 bits per heavy atom. The SMILES string of the molecule is N[C@@H](CC(=O)O)c1cccc(-c2cccc(C(F)(F)F)c2)c1. The van der Waals surface area contributed by atoms with Crippen molar-refractivity contribution >= 4 is 5.97 Å². The van der Waals surface area contributed by atoms with Crippen LogP contribution in [0.2, 0.25) is 0 Å². The van der Waals surface area contributed by atoms with E-state index in [2.05, 4.69) is 0 Å². The van der Waals surface area contributed by atoms with E-state index in [9.17, 15) is 18.0 Å². The summed E-state index contributed by atoms with van der Waals surface area (Å²) in [6.07, 6.45) is -4.65. The van der Waals surface area contributed by atoms with Crippen molar-refractivity contribution in [2.45, 2.75) is 18.6 Å². The van der Waals surface area contributed by atoms with Gasteiger partial charge in [-0.15, -0.1) is 0 Å². The van der Waals surface area contributed by atoms with Crippen LogP contribution < -0.4 is 5.73 Å². The summed E-state index contributed by atoms with van der Waals surface area (Å²) >= 11 is 0. The molecule has 0 bridgehead atoms. The van der Waals surface area contributed by atoms with Crippen molar-refractivity contribution in [3.05, 3.63) is 59.7 Å². The van der Waals surface area contributed by atoms with Gasteiger partial charge >= 0.3 is 12.1 Å². The first-order valence-corrected chi connectivity index (χ1v) is 6.52. The first-order chi connectivity index (χ1) is 10.3. The summed E-state index contributed by atoms with van der Waals surface area (Å²) in [4.78, 5) is 10.7. The van der Waals surface area contributed by atoms with Gasteiger partial charge in [-0.25, -0.2) is 0 Å². The Morgan fingerprint density at radius 2 is 1.68 bits per heavy atom. The molecule has 2 aromatic rings. The number of hydrogen-bond acceptors (Lipinski definition) is 2. The molecule has 0 aliphatic carbocycles. The average molecular weight is 309 g/mol. The van der Waals surface area contributed by atoms with Crippen molar-refractivity contribution in [1.29, 1.82) is 0 Å². The zero-order valence-corrected chi connectivity index (χ0v) is 11.5. The molecule has 0 radical (unpaired) electrons. The van der Waals surface area contributed by atoms with E-state index in [-0.39, 0.29) is 6.42 Å². The summed E-state index contributed by atoms with van der Waals surface area (Å²) in [6.45, 7) is 0. The predicted octanol–water partition coefficient (Wildman–Crippen LogP) is 3.85. The number of carboxylic acids is 1. The van der Waals surface area contributed by atoms with E-state index in [0.717, 1.165) is 12.1 Å². The number of nitrogens with two attached hydrogens (primary N) is 1. The minimum Gasteiger partial charge on any atom is -0.481 e. The van der Waals surface area contributed by atoms with E-state index < -0.39 is 23.8 Å². The van der Waals surface area contributed by atoms with Gasteiger partial charge in [-0.3, -0.25) is 4.79 Å². The monoisotopic (exact) mass is 309 g/mol. The van der Waals surface area contributed by atoms with E-state index in [1.165, 1.54) is 6.07 Å². The number of aliphatic carboxylic acids is 1. The molecule has 1 atom stereocenters. The normalized spacial score (nSPS) is 12.9. The summed E-state index contributed by atoms with van der Waals surface area (Å²) in [7, 11) is 0. The van der Waals surface area contributed by atoms with E-state index in [1.54, 1.807) is 30.3 Å². The number of carboxylic acid groups (broad SMARTS) is 1. The van der Waals surface area contributed by atoms with E-state index in [4.69, 9.17) is 10.8 Å². The Hall–Kier alpha value is -2.34. The van der Waals surface area contributed by atoms with Gasteiger partial charge in [-0.1, -0.05) is 30.3 Å². The van der Waals surface area contributed by atoms with Crippen LogP contribution >= 0.6 is 0 Å². The molecular formula is C16H14F3NO2. The summed E-state index contributed by atoms with van der Waals surface area (Å²) < 4.78 is 38.2. The lowest BCUT2D eigenvalue weighted by molar-refractivity contribution is -0.138. The molecule has 0 aliphatic heterocycles. The molecule has 6 heteroatoms. The number of hydrogen-bond donors (Lipinski definition) is 2. The molecule has 0 spiro atoms. The maximum atomic E-state index is 12.7. The van der Waals surface area contributed by atoms with Crippen LogP contribution in [0.25, 0.3) is 11.1 Å². The number of halogens is 3. The van der Waals surface area contributed by atoms with Gasteiger partial charge in [0.1, 0.15) is 0 Å². The average Bonchev–Trinajstić information content (AvgIpc) is 2.46. The zero-order chi connectivity index (χ0) is 16.3. The largest absolute Gasteiger partial charge is 0.481 e. The van der Waals surface area contributed by atoms with Gasteiger partial charge in [0.25, 0.3) is 0 Å². The molecule has 3 nitrogen and oxygen atoms in total. The highest BCUT2D eigenvalue weighted by Crippen LogP contribution is 2.32. The molecule has 2 aromatic carbocycles. The molecule has 116 valence electrons. The smallest absolute Gasteiger partial charge is 0.416 e. The molecule has 0 saturated carbocycles. The maximum absolute atomic E-state index is 12.7. The highest BCUT2D eigenvalue weighted by Gasteiger charge is 2.30. The van der Waals surface area contributed by atoms with E-state index in [0.29, 0.717) is 16.7 Å². The molecule has 0 fully saturated rings. The van der Waals surface area contributed by atoms with Crippen molar-refractivity contribution in [3.8, 4) is 11.1 Å². The molecule has 0 unspecified atom stereocenters. The van der Waals surface area contributed by atoms with Crippen LogP contribution in [0.5, 0.6) is 0 Å². The van der Waals surface area contributed by atoms with Gasteiger partial charge in [-0.2, -0.15) is 13.2 Å². The summed E-state index contributed by atoms with van der Waals surface area (Å²) in [5, 5.41) is 8.75. The molecule has 0 saturated heterocycles. The number of carbonyl (C=O) groups is 1. The second-order valence-corrected chi connectivity index (χ2v) is 4.91. The van der Waals surface area contributed by atoms with Crippen LogP contribution in [-0.4, -0.2) is 11.1 Å². The van der Waals surface area contributed by atoms with Crippen molar-refractivity contribution < 1.29 is 23.1 Å². The minimum absolute atomic E-state index is 0.244. The third kappa shape index (κ3) is 3.85. The van der Waals surface area contributed by atoms with E-state index >= 15 is 0 Å². The van der Waals surface area contributed by atoms with E-state index in [1.807, 2.05) is 0 Å². The Kier molecular flexibility index (Phi) is 4.51. The van der Waals surface area contributed by atoms with Crippen LogP contribution in [-0.2, 0) is 11.0 Å². The summed E-state index contributed by atoms with van der Waals surface area (Å²) in [6, 6.07) is 10.8. The maximum Gasteiger partial charge on any atom is 0.416 e. The molecule has 0 heterocycles. The predicted molar refractivity (Wildman–Crippen MR) is 76.1 cm³/mol. The number of benzene rings is 2. The Balaban J connectivity index is 2.36. The topological polar surface area (TPSA) is 63.3 Å². The third-order valence-electron chi connectivity index (χ3n) is 3.23. The van der Waals surface area contributed by atoms with Gasteiger partial charge in [0.2, 0.25) is 0 Å². The van der Waals surface area contributed by atoms with Crippen LogP contribution in [0.1, 0.15) is 23.6 Å². The van der Waals surface area contributed by atoms with Crippen molar-refractivity contribution in [1.82, 2.24) is 0 Å².